The van der Waals surface area contributed by atoms with Gasteiger partial charge in [0.25, 0.3) is 0 Å². The Morgan fingerprint density at radius 3 is 2.59 bits per heavy atom. The van der Waals surface area contributed by atoms with Gasteiger partial charge in [0.05, 0.1) is 6.61 Å². The van der Waals surface area contributed by atoms with E-state index in [0.717, 1.165) is 0 Å². The number of carbonyl (C=O) groups is 1. The molecule has 2 unspecified atom stereocenters. The number of ether oxygens (including phenoxy) is 1. The number of aliphatic hydroxyl groups is 2. The molecule has 0 radical (unpaired) electrons. The number of benzene rings is 1. The van der Waals surface area contributed by atoms with E-state index in [2.05, 4.69) is 0 Å². The molecule has 2 atom stereocenters. The zero-order valence-corrected chi connectivity index (χ0v) is 9.61. The normalized spacial score (nSPS) is 14.5. The third-order valence-corrected chi connectivity index (χ3v) is 2.19. The van der Waals surface area contributed by atoms with E-state index in [-0.39, 0.29) is 6.61 Å². The van der Waals surface area contributed by atoms with Gasteiger partial charge in [-0.25, -0.2) is 0 Å². The summed E-state index contributed by atoms with van der Waals surface area (Å²) in [6.07, 6.45) is 1.17. The quantitative estimate of drug-likeness (QED) is 0.595. The van der Waals surface area contributed by atoms with Crippen LogP contribution in [-0.4, -0.2) is 28.9 Å². The summed E-state index contributed by atoms with van der Waals surface area (Å²) in [4.78, 5) is 10.9. The van der Waals surface area contributed by atoms with Crippen LogP contribution in [0.5, 0.6) is 0 Å². The molecule has 0 amide bonds. The van der Waals surface area contributed by atoms with Crippen molar-refractivity contribution in [3.8, 4) is 0 Å². The Kier molecular flexibility index (Phi) is 5.39. The molecule has 0 heterocycles. The first-order valence-corrected chi connectivity index (χ1v) is 5.33. The van der Waals surface area contributed by atoms with Gasteiger partial charge in [0, 0.05) is 6.92 Å². The lowest BCUT2D eigenvalue weighted by molar-refractivity contribution is -0.149. The second kappa shape index (κ2) is 6.83. The van der Waals surface area contributed by atoms with Crippen molar-refractivity contribution in [2.75, 3.05) is 6.61 Å². The van der Waals surface area contributed by atoms with Gasteiger partial charge in [0.1, 0.15) is 12.2 Å². The molecule has 4 heteroatoms. The van der Waals surface area contributed by atoms with Crippen molar-refractivity contribution in [2.24, 2.45) is 0 Å². The number of carbonyl (C=O) groups excluding carboxylic acids is 1. The minimum Gasteiger partial charge on any atom is -0.455 e. The highest BCUT2D eigenvalue weighted by molar-refractivity contribution is 5.66. The molecule has 4 nitrogen and oxygen atoms in total. The molecule has 0 aromatic heterocycles. The molecule has 0 fully saturated rings. The van der Waals surface area contributed by atoms with Crippen LogP contribution in [0.3, 0.4) is 0 Å². The second-order valence-corrected chi connectivity index (χ2v) is 3.54. The fraction of sp³-hybridized carbons (Fsp3) is 0.308. The van der Waals surface area contributed by atoms with Crippen LogP contribution < -0.4 is 0 Å². The molecule has 1 aromatic carbocycles. The fourth-order valence-corrected chi connectivity index (χ4v) is 1.44. The molecule has 92 valence electrons. The highest BCUT2D eigenvalue weighted by Crippen LogP contribution is 2.20. The largest absolute Gasteiger partial charge is 0.455 e. The van der Waals surface area contributed by atoms with E-state index in [1.54, 1.807) is 24.3 Å². The van der Waals surface area contributed by atoms with Gasteiger partial charge < -0.3 is 14.9 Å². The van der Waals surface area contributed by atoms with Gasteiger partial charge in [0.2, 0.25) is 0 Å². The average molecular weight is 236 g/mol. The summed E-state index contributed by atoms with van der Waals surface area (Å²) in [5.41, 5.74) is 0.654. The first-order chi connectivity index (χ1) is 8.15. The first-order valence-electron chi connectivity index (χ1n) is 5.33. The maximum Gasteiger partial charge on any atom is 0.303 e. The van der Waals surface area contributed by atoms with Gasteiger partial charge in [-0.15, -0.1) is 0 Å². The summed E-state index contributed by atoms with van der Waals surface area (Å²) >= 11 is 0. The Morgan fingerprint density at radius 2 is 2.06 bits per heavy atom. The van der Waals surface area contributed by atoms with Crippen LogP contribution in [0.15, 0.2) is 42.5 Å². The predicted octanol–water partition coefficient (Wildman–Crippen LogP) is 1.20. The molecule has 0 saturated heterocycles. The fourth-order valence-electron chi connectivity index (χ4n) is 1.44. The average Bonchev–Trinajstić information content (AvgIpc) is 2.34. The first kappa shape index (κ1) is 13.4. The molecule has 17 heavy (non-hydrogen) atoms. The predicted molar refractivity (Wildman–Crippen MR) is 63.2 cm³/mol. The Morgan fingerprint density at radius 1 is 1.41 bits per heavy atom. The highest BCUT2D eigenvalue weighted by atomic mass is 16.6. The summed E-state index contributed by atoms with van der Waals surface area (Å²) in [6.45, 7) is 1.11. The monoisotopic (exact) mass is 236 g/mol. The summed E-state index contributed by atoms with van der Waals surface area (Å²) in [5, 5.41) is 18.7. The maximum absolute atomic E-state index is 10.9. The summed E-state index contributed by atoms with van der Waals surface area (Å²) < 4.78 is 4.98. The van der Waals surface area contributed by atoms with Crippen molar-refractivity contribution < 1.29 is 19.7 Å². The lowest BCUT2D eigenvalue weighted by Gasteiger charge is -2.19. The molecule has 1 aromatic rings. The van der Waals surface area contributed by atoms with E-state index in [0.29, 0.717) is 5.56 Å². The standard InChI is InChI=1S/C13H16O4/c1-10(15)17-12(8-5-9-14)13(16)11-6-3-2-4-7-11/h2-8,12-14,16H,9H2,1H3/b8-5-. The van der Waals surface area contributed by atoms with E-state index in [1.807, 2.05) is 6.07 Å². The van der Waals surface area contributed by atoms with Crippen molar-refractivity contribution >= 4 is 5.97 Å². The number of hydrogen-bond acceptors (Lipinski definition) is 4. The van der Waals surface area contributed by atoms with Gasteiger partial charge in [0.15, 0.2) is 0 Å². The Balaban J connectivity index is 2.82. The molecule has 1 rings (SSSR count). The Bertz CT molecular complexity index is 372. The number of aliphatic hydroxyl groups excluding tert-OH is 2. The molecular formula is C13H16O4. The minimum absolute atomic E-state index is 0.167. The van der Waals surface area contributed by atoms with Crippen molar-refractivity contribution in [3.05, 3.63) is 48.0 Å². The highest BCUT2D eigenvalue weighted by Gasteiger charge is 2.20. The third kappa shape index (κ3) is 4.38. The van der Waals surface area contributed by atoms with Crippen LogP contribution in [0.4, 0.5) is 0 Å². The van der Waals surface area contributed by atoms with Crippen LogP contribution >= 0.6 is 0 Å². The van der Waals surface area contributed by atoms with Gasteiger partial charge >= 0.3 is 5.97 Å². The molecule has 0 aliphatic carbocycles. The van der Waals surface area contributed by atoms with Gasteiger partial charge in [-0.1, -0.05) is 36.4 Å². The smallest absolute Gasteiger partial charge is 0.303 e. The van der Waals surface area contributed by atoms with E-state index in [4.69, 9.17) is 9.84 Å². The van der Waals surface area contributed by atoms with Crippen LogP contribution in [0.1, 0.15) is 18.6 Å². The Labute approximate surface area is 100 Å². The van der Waals surface area contributed by atoms with E-state index >= 15 is 0 Å². The van der Waals surface area contributed by atoms with E-state index in [1.165, 1.54) is 19.1 Å². The number of hydrogen-bond donors (Lipinski definition) is 2. The zero-order chi connectivity index (χ0) is 12.7. The molecule has 0 spiro atoms. The lowest BCUT2D eigenvalue weighted by Crippen LogP contribution is -2.22. The van der Waals surface area contributed by atoms with Gasteiger partial charge in [-0.05, 0) is 11.6 Å². The van der Waals surface area contributed by atoms with Crippen LogP contribution in [0, 0.1) is 0 Å². The van der Waals surface area contributed by atoms with Crippen molar-refractivity contribution in [2.45, 2.75) is 19.1 Å². The molecular weight excluding hydrogens is 220 g/mol. The van der Waals surface area contributed by atoms with Crippen LogP contribution in [-0.2, 0) is 9.53 Å². The topological polar surface area (TPSA) is 66.8 Å². The van der Waals surface area contributed by atoms with E-state index < -0.39 is 18.2 Å². The molecule has 0 aliphatic rings. The number of esters is 1. The Hall–Kier alpha value is -1.65. The third-order valence-electron chi connectivity index (χ3n) is 2.19. The second-order valence-electron chi connectivity index (χ2n) is 3.54. The summed E-state index contributed by atoms with van der Waals surface area (Å²) in [7, 11) is 0. The van der Waals surface area contributed by atoms with Gasteiger partial charge in [-0.2, -0.15) is 0 Å². The van der Waals surface area contributed by atoms with Crippen LogP contribution in [0.25, 0.3) is 0 Å². The molecule has 2 N–H and O–H groups in total. The van der Waals surface area contributed by atoms with Crippen molar-refractivity contribution in [1.82, 2.24) is 0 Å². The SMILES string of the molecule is CC(=O)OC(/C=C\CO)C(O)c1ccccc1. The molecule has 0 bridgehead atoms. The van der Waals surface area contributed by atoms with Gasteiger partial charge in [-0.3, -0.25) is 4.79 Å². The molecule has 0 aliphatic heterocycles. The maximum atomic E-state index is 10.9. The zero-order valence-electron chi connectivity index (χ0n) is 9.61. The summed E-state index contributed by atoms with van der Waals surface area (Å²) in [5.74, 6) is -0.479. The number of rotatable bonds is 5. The lowest BCUT2D eigenvalue weighted by atomic mass is 10.0. The summed E-state index contributed by atoms with van der Waals surface area (Å²) in [6, 6.07) is 8.90. The minimum atomic E-state index is -0.942. The van der Waals surface area contributed by atoms with Crippen LogP contribution in [0.2, 0.25) is 0 Å². The van der Waals surface area contributed by atoms with E-state index in [9.17, 15) is 9.90 Å². The van der Waals surface area contributed by atoms with Crippen molar-refractivity contribution in [1.29, 1.82) is 0 Å². The molecule has 0 saturated carbocycles. The van der Waals surface area contributed by atoms with Crippen molar-refractivity contribution in [3.63, 3.8) is 0 Å².